The minimum atomic E-state index is -0.972. The van der Waals surface area contributed by atoms with Gasteiger partial charge in [-0.2, -0.15) is 0 Å². The van der Waals surface area contributed by atoms with Crippen molar-refractivity contribution in [3.05, 3.63) is 87.2 Å². The molecule has 2 aromatic carbocycles. The molecule has 27 heavy (non-hydrogen) atoms. The normalized spacial score (nSPS) is 11.8. The number of hydrogen-bond donors (Lipinski definition) is 3. The third-order valence-electron chi connectivity index (χ3n) is 4.05. The van der Waals surface area contributed by atoms with E-state index in [1.165, 1.54) is 24.3 Å². The van der Waals surface area contributed by atoms with Gasteiger partial charge < -0.3 is 15.4 Å². The van der Waals surface area contributed by atoms with Gasteiger partial charge in [0, 0.05) is 29.9 Å². The predicted octanol–water partition coefficient (Wildman–Crippen LogP) is 3.71. The smallest absolute Gasteiger partial charge is 0.269 e. The Balaban J connectivity index is 1.60. The molecule has 0 radical (unpaired) electrons. The Labute approximate surface area is 159 Å². The highest BCUT2D eigenvalue weighted by Crippen LogP contribution is 2.22. The van der Waals surface area contributed by atoms with Gasteiger partial charge in [0.1, 0.15) is 5.69 Å². The number of aliphatic hydroxyl groups is 1. The maximum absolute atomic E-state index is 12.3. The lowest BCUT2D eigenvalue weighted by Crippen LogP contribution is -2.28. The third kappa shape index (κ3) is 4.52. The highest BCUT2D eigenvalue weighted by Gasteiger charge is 2.14. The molecule has 1 unspecified atom stereocenters. The number of nitrogens with zero attached hydrogens (tertiary/aromatic N) is 1. The Kier molecular flexibility index (Phi) is 5.54. The van der Waals surface area contributed by atoms with E-state index >= 15 is 0 Å². The molecule has 7 nitrogen and oxygen atoms in total. The SMILES string of the molecule is O=C(NCC(O)c1ccc([N+](=O)[O-])cc1)c1cc(-c2ccc(Cl)cc2)c[nH]1. The molecule has 0 spiro atoms. The lowest BCUT2D eigenvalue weighted by Gasteiger charge is -2.11. The number of carbonyl (C=O) groups is 1. The Hall–Kier alpha value is -3.16. The molecule has 0 bridgehead atoms. The van der Waals surface area contributed by atoms with Crippen LogP contribution in [0, 0.1) is 10.1 Å². The number of rotatable bonds is 6. The molecule has 1 heterocycles. The van der Waals surface area contributed by atoms with Crippen molar-refractivity contribution >= 4 is 23.2 Å². The lowest BCUT2D eigenvalue weighted by molar-refractivity contribution is -0.384. The Morgan fingerprint density at radius 1 is 1.15 bits per heavy atom. The molecule has 0 fully saturated rings. The van der Waals surface area contributed by atoms with Crippen LogP contribution in [0.4, 0.5) is 5.69 Å². The van der Waals surface area contributed by atoms with Gasteiger partial charge in [0.2, 0.25) is 0 Å². The summed E-state index contributed by atoms with van der Waals surface area (Å²) in [5.74, 6) is -0.365. The van der Waals surface area contributed by atoms with E-state index in [9.17, 15) is 20.0 Å². The fourth-order valence-electron chi connectivity index (χ4n) is 2.56. The molecule has 0 aliphatic carbocycles. The summed E-state index contributed by atoms with van der Waals surface area (Å²) in [6.45, 7) is -0.0219. The summed E-state index contributed by atoms with van der Waals surface area (Å²) in [5, 5.41) is 24.1. The van der Waals surface area contributed by atoms with E-state index in [-0.39, 0.29) is 18.1 Å². The molecule has 3 rings (SSSR count). The number of aromatic amines is 1. The number of carbonyl (C=O) groups excluding carboxylic acids is 1. The summed E-state index contributed by atoms with van der Waals surface area (Å²) in [6.07, 6.45) is 0.741. The van der Waals surface area contributed by atoms with Gasteiger partial charge in [-0.25, -0.2) is 0 Å². The van der Waals surface area contributed by atoms with E-state index in [1.807, 2.05) is 12.1 Å². The minimum absolute atomic E-state index is 0.0219. The number of hydrogen-bond acceptors (Lipinski definition) is 4. The molecular formula is C19H16ClN3O4. The summed E-state index contributed by atoms with van der Waals surface area (Å²) in [6, 6.07) is 14.5. The van der Waals surface area contributed by atoms with E-state index in [0.717, 1.165) is 11.1 Å². The highest BCUT2D eigenvalue weighted by atomic mass is 35.5. The van der Waals surface area contributed by atoms with Gasteiger partial charge in [0.15, 0.2) is 0 Å². The summed E-state index contributed by atoms with van der Waals surface area (Å²) in [7, 11) is 0. The van der Waals surface area contributed by atoms with Crippen LogP contribution in [0.15, 0.2) is 60.8 Å². The van der Waals surface area contributed by atoms with Crippen molar-refractivity contribution in [2.75, 3.05) is 6.54 Å². The lowest BCUT2D eigenvalue weighted by atomic mass is 10.1. The number of nitrogens with one attached hydrogen (secondary N) is 2. The summed E-state index contributed by atoms with van der Waals surface area (Å²) < 4.78 is 0. The third-order valence-corrected chi connectivity index (χ3v) is 4.30. The fraction of sp³-hybridized carbons (Fsp3) is 0.105. The van der Waals surface area contributed by atoms with Crippen molar-refractivity contribution in [3.8, 4) is 11.1 Å². The summed E-state index contributed by atoms with van der Waals surface area (Å²) in [5.41, 5.74) is 2.54. The van der Waals surface area contributed by atoms with Crippen LogP contribution in [0.3, 0.4) is 0 Å². The molecular weight excluding hydrogens is 370 g/mol. The van der Waals surface area contributed by atoms with Gasteiger partial charge in [-0.3, -0.25) is 14.9 Å². The van der Waals surface area contributed by atoms with Crippen molar-refractivity contribution in [1.82, 2.24) is 10.3 Å². The molecule has 3 N–H and O–H groups in total. The molecule has 1 aromatic heterocycles. The van der Waals surface area contributed by atoms with Gasteiger partial charge in [-0.15, -0.1) is 0 Å². The van der Waals surface area contributed by atoms with Gasteiger partial charge in [0.25, 0.3) is 11.6 Å². The van der Waals surface area contributed by atoms with Crippen LogP contribution >= 0.6 is 11.6 Å². The molecule has 0 saturated carbocycles. The van der Waals surface area contributed by atoms with Crippen LogP contribution in [0.5, 0.6) is 0 Å². The predicted molar refractivity (Wildman–Crippen MR) is 102 cm³/mol. The second-order valence-electron chi connectivity index (χ2n) is 5.88. The summed E-state index contributed by atoms with van der Waals surface area (Å²) in [4.78, 5) is 25.3. The number of non-ortho nitro benzene ring substituents is 1. The number of H-pyrrole nitrogens is 1. The Morgan fingerprint density at radius 3 is 2.44 bits per heavy atom. The Bertz CT molecular complexity index is 952. The monoisotopic (exact) mass is 385 g/mol. The number of nitro groups is 1. The molecule has 8 heteroatoms. The zero-order chi connectivity index (χ0) is 19.4. The molecule has 0 saturated heterocycles. The first-order chi connectivity index (χ1) is 12.9. The molecule has 1 amide bonds. The fourth-order valence-corrected chi connectivity index (χ4v) is 2.68. The number of nitro benzene ring substituents is 1. The van der Waals surface area contributed by atoms with Crippen LogP contribution < -0.4 is 5.32 Å². The maximum Gasteiger partial charge on any atom is 0.269 e. The van der Waals surface area contributed by atoms with Crippen molar-refractivity contribution in [1.29, 1.82) is 0 Å². The first-order valence-corrected chi connectivity index (χ1v) is 8.47. The van der Waals surface area contributed by atoms with Crippen LogP contribution in [0.2, 0.25) is 5.02 Å². The van der Waals surface area contributed by atoms with E-state index < -0.39 is 11.0 Å². The first kappa shape index (κ1) is 18.6. The summed E-state index contributed by atoms with van der Waals surface area (Å²) >= 11 is 5.87. The molecule has 3 aromatic rings. The maximum atomic E-state index is 12.3. The van der Waals surface area contributed by atoms with Crippen molar-refractivity contribution in [3.63, 3.8) is 0 Å². The average molecular weight is 386 g/mol. The largest absolute Gasteiger partial charge is 0.387 e. The van der Waals surface area contributed by atoms with Crippen molar-refractivity contribution < 1.29 is 14.8 Å². The van der Waals surface area contributed by atoms with E-state index in [4.69, 9.17) is 11.6 Å². The standard InChI is InChI=1S/C19H16ClN3O4/c20-15-5-1-12(2-6-15)14-9-17(21-10-14)19(25)22-11-18(24)13-3-7-16(8-4-13)23(26)27/h1-10,18,21,24H,11H2,(H,22,25). The molecule has 138 valence electrons. The number of aromatic nitrogens is 1. The van der Waals surface area contributed by atoms with Gasteiger partial charge in [-0.1, -0.05) is 23.7 Å². The Morgan fingerprint density at radius 2 is 1.81 bits per heavy atom. The second kappa shape index (κ2) is 8.03. The van der Waals surface area contributed by atoms with Gasteiger partial charge >= 0.3 is 0 Å². The van der Waals surface area contributed by atoms with Crippen LogP contribution in [-0.4, -0.2) is 27.5 Å². The van der Waals surface area contributed by atoms with Crippen LogP contribution in [-0.2, 0) is 0 Å². The van der Waals surface area contributed by atoms with Gasteiger partial charge in [0.05, 0.1) is 11.0 Å². The van der Waals surface area contributed by atoms with Crippen molar-refractivity contribution in [2.45, 2.75) is 6.10 Å². The average Bonchev–Trinajstić information content (AvgIpc) is 3.16. The quantitative estimate of drug-likeness (QED) is 0.444. The number of benzene rings is 2. The number of halogens is 1. The van der Waals surface area contributed by atoms with Crippen LogP contribution in [0.25, 0.3) is 11.1 Å². The second-order valence-corrected chi connectivity index (χ2v) is 6.32. The van der Waals surface area contributed by atoms with Crippen LogP contribution in [0.1, 0.15) is 22.2 Å². The highest BCUT2D eigenvalue weighted by molar-refractivity contribution is 6.30. The molecule has 0 aliphatic heterocycles. The zero-order valence-corrected chi connectivity index (χ0v) is 14.8. The van der Waals surface area contributed by atoms with E-state index in [0.29, 0.717) is 16.3 Å². The molecule has 1 atom stereocenters. The van der Waals surface area contributed by atoms with E-state index in [2.05, 4.69) is 10.3 Å². The minimum Gasteiger partial charge on any atom is -0.387 e. The van der Waals surface area contributed by atoms with Gasteiger partial charge in [-0.05, 0) is 47.0 Å². The first-order valence-electron chi connectivity index (χ1n) is 8.09. The topological polar surface area (TPSA) is 108 Å². The molecule has 0 aliphatic rings. The number of amides is 1. The van der Waals surface area contributed by atoms with Crippen molar-refractivity contribution in [2.24, 2.45) is 0 Å². The van der Waals surface area contributed by atoms with E-state index in [1.54, 1.807) is 24.4 Å². The zero-order valence-electron chi connectivity index (χ0n) is 14.1. The number of aliphatic hydroxyl groups excluding tert-OH is 1.